The summed E-state index contributed by atoms with van der Waals surface area (Å²) in [5.41, 5.74) is -5.90. The van der Waals surface area contributed by atoms with E-state index in [2.05, 4.69) is 0 Å². The zero-order chi connectivity index (χ0) is 20.3. The molecule has 150 valence electrons. The van der Waals surface area contributed by atoms with Gasteiger partial charge in [0.2, 0.25) is 0 Å². The highest BCUT2D eigenvalue weighted by atomic mass is 19.4. The van der Waals surface area contributed by atoms with E-state index in [9.17, 15) is 44.3 Å². The fraction of sp³-hybridized carbons (Fsp3) is 0.923. The van der Waals surface area contributed by atoms with Crippen LogP contribution in [0.2, 0.25) is 0 Å². The van der Waals surface area contributed by atoms with Gasteiger partial charge in [-0.3, -0.25) is 4.79 Å². The molecule has 0 aromatic heterocycles. The Morgan fingerprint density at radius 3 is 1.52 bits per heavy atom. The predicted molar refractivity (Wildman–Crippen MR) is 68.8 cm³/mol. The number of unbranched alkanes of at least 4 members (excludes halogenated alkanes) is 2. The summed E-state index contributed by atoms with van der Waals surface area (Å²) < 4.78 is 118. The molecule has 0 aliphatic carbocycles. The largest absolute Gasteiger partial charge is 0.481 e. The molecule has 0 heterocycles. The number of aliphatic carboxylic acids is 1. The first-order valence-electron chi connectivity index (χ1n) is 7.08. The number of carboxylic acid groups (broad SMARTS) is 1. The molecule has 1 N–H and O–H groups in total. The summed E-state index contributed by atoms with van der Waals surface area (Å²) in [4.78, 5) is 10.6. The smallest absolute Gasteiger partial charge is 0.413 e. The van der Waals surface area contributed by atoms with Crippen LogP contribution < -0.4 is 0 Å². The van der Waals surface area contributed by atoms with Crippen LogP contribution in [-0.4, -0.2) is 54.6 Å². The molecule has 25 heavy (non-hydrogen) atoms. The Morgan fingerprint density at radius 2 is 1.24 bits per heavy atom. The van der Waals surface area contributed by atoms with Crippen molar-refractivity contribution < 1.29 is 49.4 Å². The number of alkyl halides is 9. The summed E-state index contributed by atoms with van der Waals surface area (Å²) in [7, 11) is 1.42. The monoisotopic (exact) mass is 391 g/mol. The number of carboxylic acids is 1. The lowest BCUT2D eigenvalue weighted by Crippen LogP contribution is -2.68. The molecular weight excluding hydrogens is 373 g/mol. The lowest BCUT2D eigenvalue weighted by atomic mass is 9.74. The Morgan fingerprint density at radius 1 is 0.840 bits per heavy atom. The van der Waals surface area contributed by atoms with Gasteiger partial charge < -0.3 is 10.0 Å². The molecular formula is C13H18F9NO2. The lowest BCUT2D eigenvalue weighted by Gasteiger charge is -2.46. The molecule has 1 atom stereocenters. The number of hydrogen-bond acceptors (Lipinski definition) is 2. The number of rotatable bonds is 8. The maximum Gasteiger partial charge on any atom is 0.413 e. The minimum atomic E-state index is -6.61. The third kappa shape index (κ3) is 5.14. The summed E-state index contributed by atoms with van der Waals surface area (Å²) in [5.74, 6) is -1.22. The summed E-state index contributed by atoms with van der Waals surface area (Å²) in [6, 6.07) is -2.93. The summed E-state index contributed by atoms with van der Waals surface area (Å²) in [6.45, 7) is 0. The Balaban J connectivity index is 5.80. The van der Waals surface area contributed by atoms with E-state index in [0.29, 0.717) is 14.1 Å². The van der Waals surface area contributed by atoms with E-state index in [1.807, 2.05) is 0 Å². The molecule has 0 aliphatic rings. The van der Waals surface area contributed by atoms with Crippen LogP contribution in [0.15, 0.2) is 0 Å². The fourth-order valence-corrected chi connectivity index (χ4v) is 2.70. The number of halogens is 9. The number of hydrogen-bond donors (Lipinski definition) is 1. The van der Waals surface area contributed by atoms with Crippen molar-refractivity contribution in [2.75, 3.05) is 14.1 Å². The van der Waals surface area contributed by atoms with Gasteiger partial charge in [-0.15, -0.1) is 0 Å². The molecule has 0 saturated heterocycles. The molecule has 1 unspecified atom stereocenters. The van der Waals surface area contributed by atoms with Gasteiger partial charge in [0, 0.05) is 12.5 Å². The maximum atomic E-state index is 13.1. The normalized spacial score (nSPS) is 15.5. The van der Waals surface area contributed by atoms with Gasteiger partial charge in [-0.1, -0.05) is 12.8 Å². The van der Waals surface area contributed by atoms with Crippen molar-refractivity contribution in [2.24, 2.45) is 5.41 Å². The molecule has 0 rings (SSSR count). The van der Waals surface area contributed by atoms with Crippen molar-refractivity contribution in [1.29, 1.82) is 0 Å². The number of nitrogens with zero attached hydrogens (tertiary/aromatic N) is 1. The minimum absolute atomic E-state index is 0.0630. The summed E-state index contributed by atoms with van der Waals surface area (Å²) in [5, 5.41) is 8.40. The Hall–Kier alpha value is -1.20. The molecule has 0 aromatic rings. The molecule has 0 aromatic carbocycles. The predicted octanol–water partition coefficient (Wildman–Crippen LogP) is 4.63. The van der Waals surface area contributed by atoms with E-state index in [-0.39, 0.29) is 24.2 Å². The first kappa shape index (κ1) is 23.8. The topological polar surface area (TPSA) is 40.5 Å². The Bertz CT molecular complexity index is 404. The van der Waals surface area contributed by atoms with Crippen LogP contribution in [-0.2, 0) is 4.79 Å². The third-order valence-electron chi connectivity index (χ3n) is 3.83. The highest BCUT2D eigenvalue weighted by Crippen LogP contribution is 2.62. The van der Waals surface area contributed by atoms with E-state index in [0.717, 1.165) is 0 Å². The average molecular weight is 391 g/mol. The van der Waals surface area contributed by atoms with Crippen molar-refractivity contribution in [1.82, 2.24) is 4.90 Å². The SMILES string of the molecule is CN(C)C(CCCCCC(=O)O)C(C(F)(F)F)(C(F)(F)F)C(F)(F)F. The maximum absolute atomic E-state index is 13.1. The summed E-state index contributed by atoms with van der Waals surface area (Å²) >= 11 is 0. The van der Waals surface area contributed by atoms with Crippen LogP contribution in [0.5, 0.6) is 0 Å². The van der Waals surface area contributed by atoms with Crippen LogP contribution in [0.4, 0.5) is 39.5 Å². The van der Waals surface area contributed by atoms with E-state index in [4.69, 9.17) is 5.11 Å². The highest BCUT2D eigenvalue weighted by molar-refractivity contribution is 5.66. The average Bonchev–Trinajstić information content (AvgIpc) is 2.30. The van der Waals surface area contributed by atoms with Crippen molar-refractivity contribution in [3.05, 3.63) is 0 Å². The van der Waals surface area contributed by atoms with Crippen LogP contribution in [0.25, 0.3) is 0 Å². The Labute approximate surface area is 137 Å². The second kappa shape index (κ2) is 8.00. The Kier molecular flexibility index (Phi) is 7.62. The molecule has 12 heteroatoms. The van der Waals surface area contributed by atoms with Gasteiger partial charge in [0.05, 0.1) is 0 Å². The lowest BCUT2D eigenvalue weighted by molar-refractivity contribution is -0.440. The van der Waals surface area contributed by atoms with Crippen LogP contribution >= 0.6 is 0 Å². The van der Waals surface area contributed by atoms with Gasteiger partial charge in [0.15, 0.2) is 0 Å². The van der Waals surface area contributed by atoms with E-state index < -0.39 is 48.8 Å². The molecule has 0 fully saturated rings. The van der Waals surface area contributed by atoms with Gasteiger partial charge in [0.25, 0.3) is 5.41 Å². The minimum Gasteiger partial charge on any atom is -0.481 e. The van der Waals surface area contributed by atoms with Gasteiger partial charge in [-0.25, -0.2) is 0 Å². The molecule has 0 radical (unpaired) electrons. The van der Waals surface area contributed by atoms with Crippen LogP contribution in [0.3, 0.4) is 0 Å². The zero-order valence-electron chi connectivity index (χ0n) is 13.3. The molecule has 3 nitrogen and oxygen atoms in total. The van der Waals surface area contributed by atoms with Crippen LogP contribution in [0, 0.1) is 5.41 Å². The molecule has 0 amide bonds. The summed E-state index contributed by atoms with van der Waals surface area (Å²) in [6.07, 6.45) is -21.9. The van der Waals surface area contributed by atoms with Gasteiger partial charge >= 0.3 is 24.5 Å². The zero-order valence-corrected chi connectivity index (χ0v) is 13.3. The quantitative estimate of drug-likeness (QED) is 0.485. The van der Waals surface area contributed by atoms with Crippen molar-refractivity contribution in [3.8, 4) is 0 Å². The fourth-order valence-electron chi connectivity index (χ4n) is 2.70. The first-order valence-corrected chi connectivity index (χ1v) is 7.08. The molecule has 0 bridgehead atoms. The van der Waals surface area contributed by atoms with E-state index >= 15 is 0 Å². The van der Waals surface area contributed by atoms with E-state index in [1.54, 1.807) is 0 Å². The molecule has 0 saturated carbocycles. The highest BCUT2D eigenvalue weighted by Gasteiger charge is 2.86. The molecule has 0 spiro atoms. The van der Waals surface area contributed by atoms with Gasteiger partial charge in [-0.2, -0.15) is 39.5 Å². The van der Waals surface area contributed by atoms with Gasteiger partial charge in [0.1, 0.15) is 0 Å². The van der Waals surface area contributed by atoms with E-state index in [1.165, 1.54) is 0 Å². The van der Waals surface area contributed by atoms with Crippen molar-refractivity contribution in [2.45, 2.75) is 56.7 Å². The second-order valence-corrected chi connectivity index (χ2v) is 5.77. The second-order valence-electron chi connectivity index (χ2n) is 5.77. The van der Waals surface area contributed by atoms with Gasteiger partial charge in [-0.05, 0) is 26.9 Å². The number of carbonyl (C=O) groups is 1. The molecule has 0 aliphatic heterocycles. The van der Waals surface area contributed by atoms with Crippen LogP contribution in [0.1, 0.15) is 32.1 Å². The standard InChI is InChI=1S/C13H18F9NO2/c1-23(2)8(6-4-3-5-7-9(24)25)10(11(14,15)16,12(17,18)19)13(20,21)22/h8H,3-7H2,1-2H3,(H,24,25). The first-order chi connectivity index (χ1) is 11.0. The third-order valence-corrected chi connectivity index (χ3v) is 3.83. The van der Waals surface area contributed by atoms with Crippen molar-refractivity contribution >= 4 is 5.97 Å². The van der Waals surface area contributed by atoms with Crippen molar-refractivity contribution in [3.63, 3.8) is 0 Å².